The highest BCUT2D eigenvalue weighted by Gasteiger charge is 2.17. The fourth-order valence-corrected chi connectivity index (χ4v) is 3.12. The van der Waals surface area contributed by atoms with Gasteiger partial charge in [0.05, 0.1) is 12.8 Å². The minimum atomic E-state index is 0.0729. The molecule has 1 fully saturated rings. The number of hydrogen-bond donors (Lipinski definition) is 1. The van der Waals surface area contributed by atoms with Crippen molar-refractivity contribution in [1.82, 2.24) is 9.78 Å². The summed E-state index contributed by atoms with van der Waals surface area (Å²) in [6.45, 7) is 0.893. The summed E-state index contributed by atoms with van der Waals surface area (Å²) in [6.07, 6.45) is 7.29. The molecule has 1 aliphatic heterocycles. The van der Waals surface area contributed by atoms with Gasteiger partial charge in [-0.05, 0) is 35.6 Å². The third-order valence-electron chi connectivity index (χ3n) is 3.28. The van der Waals surface area contributed by atoms with Crippen molar-refractivity contribution in [3.63, 3.8) is 0 Å². The molecule has 2 aromatic heterocycles. The lowest BCUT2D eigenvalue weighted by Crippen LogP contribution is -2.18. The normalized spacial score (nSPS) is 20.2. The van der Waals surface area contributed by atoms with Crippen molar-refractivity contribution in [1.29, 1.82) is 0 Å². The Kier molecular flexibility index (Phi) is 3.45. The molecule has 0 aromatic carbocycles. The SMILES string of the molecule is OCc1cscc1-c1cnn(C2CCCCO2)c1. The van der Waals surface area contributed by atoms with Crippen LogP contribution in [0.25, 0.3) is 11.1 Å². The van der Waals surface area contributed by atoms with Crippen LogP contribution < -0.4 is 0 Å². The first-order valence-electron chi connectivity index (χ1n) is 6.20. The van der Waals surface area contributed by atoms with Gasteiger partial charge in [-0.1, -0.05) is 0 Å². The molecule has 1 atom stereocenters. The second kappa shape index (κ2) is 5.22. The third-order valence-corrected chi connectivity index (χ3v) is 4.07. The van der Waals surface area contributed by atoms with Gasteiger partial charge in [-0.2, -0.15) is 16.4 Å². The molecule has 96 valence electrons. The summed E-state index contributed by atoms with van der Waals surface area (Å²) in [7, 11) is 0. The predicted molar refractivity (Wildman–Crippen MR) is 70.3 cm³/mol. The first-order chi connectivity index (χ1) is 8.88. The number of aromatic nitrogens is 2. The molecule has 1 saturated heterocycles. The summed E-state index contributed by atoms with van der Waals surface area (Å²) >= 11 is 1.60. The van der Waals surface area contributed by atoms with E-state index in [0.717, 1.165) is 36.1 Å². The Morgan fingerprint density at radius 1 is 1.44 bits per heavy atom. The van der Waals surface area contributed by atoms with Crippen molar-refractivity contribution in [2.24, 2.45) is 0 Å². The first kappa shape index (κ1) is 11.9. The zero-order valence-electron chi connectivity index (χ0n) is 10.1. The van der Waals surface area contributed by atoms with Gasteiger partial charge in [0.1, 0.15) is 6.23 Å². The Morgan fingerprint density at radius 3 is 3.17 bits per heavy atom. The van der Waals surface area contributed by atoms with E-state index in [2.05, 4.69) is 10.5 Å². The van der Waals surface area contributed by atoms with Crippen molar-refractivity contribution >= 4 is 11.3 Å². The first-order valence-corrected chi connectivity index (χ1v) is 7.15. The molecule has 0 amide bonds. The molecular weight excluding hydrogens is 248 g/mol. The maximum absolute atomic E-state index is 9.28. The van der Waals surface area contributed by atoms with E-state index >= 15 is 0 Å². The van der Waals surface area contributed by atoms with Gasteiger partial charge in [-0.25, -0.2) is 4.68 Å². The van der Waals surface area contributed by atoms with Crippen LogP contribution in [0.1, 0.15) is 31.1 Å². The largest absolute Gasteiger partial charge is 0.392 e. The maximum Gasteiger partial charge on any atom is 0.150 e. The Hall–Kier alpha value is -1.17. The van der Waals surface area contributed by atoms with Gasteiger partial charge in [0.2, 0.25) is 0 Å². The van der Waals surface area contributed by atoms with Crippen LogP contribution >= 0.6 is 11.3 Å². The van der Waals surface area contributed by atoms with Crippen LogP contribution in [-0.2, 0) is 11.3 Å². The quantitative estimate of drug-likeness (QED) is 0.927. The van der Waals surface area contributed by atoms with E-state index in [0.29, 0.717) is 0 Å². The molecule has 0 aliphatic carbocycles. The van der Waals surface area contributed by atoms with Crippen LogP contribution in [0.4, 0.5) is 0 Å². The fourth-order valence-electron chi connectivity index (χ4n) is 2.27. The minimum Gasteiger partial charge on any atom is -0.392 e. The molecule has 0 saturated carbocycles. The number of rotatable bonds is 3. The summed E-state index contributed by atoms with van der Waals surface area (Å²) in [5.41, 5.74) is 3.09. The lowest BCUT2D eigenvalue weighted by molar-refractivity contribution is -0.0394. The summed E-state index contributed by atoms with van der Waals surface area (Å²) in [4.78, 5) is 0. The van der Waals surface area contributed by atoms with E-state index in [4.69, 9.17) is 4.74 Å². The maximum atomic E-state index is 9.28. The van der Waals surface area contributed by atoms with Gasteiger partial charge in [0.15, 0.2) is 0 Å². The monoisotopic (exact) mass is 264 g/mol. The summed E-state index contributed by atoms with van der Waals surface area (Å²) < 4.78 is 7.60. The second-order valence-corrected chi connectivity index (χ2v) is 5.24. The average Bonchev–Trinajstić information content (AvgIpc) is 3.08. The number of thiophene rings is 1. The summed E-state index contributed by atoms with van der Waals surface area (Å²) in [5.74, 6) is 0. The molecule has 0 spiro atoms. The van der Waals surface area contributed by atoms with Crippen LogP contribution in [0.2, 0.25) is 0 Å². The van der Waals surface area contributed by atoms with Crippen LogP contribution in [0.5, 0.6) is 0 Å². The van der Waals surface area contributed by atoms with Crippen molar-refractivity contribution in [3.8, 4) is 11.1 Å². The number of aliphatic hydroxyl groups excluding tert-OH is 1. The van der Waals surface area contributed by atoms with Crippen LogP contribution in [0.3, 0.4) is 0 Å². The lowest BCUT2D eigenvalue weighted by Gasteiger charge is -2.22. The van der Waals surface area contributed by atoms with Gasteiger partial charge in [0, 0.05) is 23.9 Å². The minimum absolute atomic E-state index is 0.0729. The van der Waals surface area contributed by atoms with Gasteiger partial charge in [0.25, 0.3) is 0 Å². The van der Waals surface area contributed by atoms with Crippen LogP contribution in [0, 0.1) is 0 Å². The summed E-state index contributed by atoms with van der Waals surface area (Å²) in [6, 6.07) is 0. The second-order valence-electron chi connectivity index (χ2n) is 4.50. The Balaban J connectivity index is 1.84. The fraction of sp³-hybridized carbons (Fsp3) is 0.462. The molecule has 1 unspecified atom stereocenters. The molecular formula is C13H16N2O2S. The van der Waals surface area contributed by atoms with Crippen LogP contribution in [0.15, 0.2) is 23.2 Å². The molecule has 0 bridgehead atoms. The van der Waals surface area contributed by atoms with E-state index in [9.17, 15) is 5.11 Å². The highest BCUT2D eigenvalue weighted by molar-refractivity contribution is 7.08. The Bertz CT molecular complexity index is 515. The average molecular weight is 264 g/mol. The van der Waals surface area contributed by atoms with E-state index in [-0.39, 0.29) is 12.8 Å². The highest BCUT2D eigenvalue weighted by Crippen LogP contribution is 2.29. The third kappa shape index (κ3) is 2.21. The molecule has 1 aliphatic rings. The van der Waals surface area contributed by atoms with E-state index in [1.54, 1.807) is 11.3 Å². The molecule has 0 radical (unpaired) electrons. The Labute approximate surface area is 110 Å². The number of aliphatic hydroxyl groups is 1. The zero-order valence-corrected chi connectivity index (χ0v) is 10.9. The molecule has 5 heteroatoms. The van der Waals surface area contributed by atoms with Crippen molar-refractivity contribution in [3.05, 3.63) is 28.7 Å². The standard InChI is InChI=1S/C13H16N2O2S/c16-7-11-8-18-9-12(11)10-5-14-15(6-10)13-3-1-2-4-17-13/h5-6,8-9,13,16H,1-4,7H2. The van der Waals surface area contributed by atoms with Gasteiger partial charge in [-0.15, -0.1) is 0 Å². The van der Waals surface area contributed by atoms with Gasteiger partial charge >= 0.3 is 0 Å². The van der Waals surface area contributed by atoms with Crippen LogP contribution in [-0.4, -0.2) is 21.5 Å². The van der Waals surface area contributed by atoms with Crippen molar-refractivity contribution in [2.75, 3.05) is 6.61 Å². The molecule has 4 nitrogen and oxygen atoms in total. The number of nitrogens with zero attached hydrogens (tertiary/aromatic N) is 2. The molecule has 18 heavy (non-hydrogen) atoms. The predicted octanol–water partition coefficient (Wildman–Crippen LogP) is 2.80. The Morgan fingerprint density at radius 2 is 2.39 bits per heavy atom. The van der Waals surface area contributed by atoms with Crippen molar-refractivity contribution < 1.29 is 9.84 Å². The molecule has 3 rings (SSSR count). The number of hydrogen-bond acceptors (Lipinski definition) is 4. The van der Waals surface area contributed by atoms with E-state index < -0.39 is 0 Å². The van der Waals surface area contributed by atoms with Gasteiger partial charge in [-0.3, -0.25) is 0 Å². The summed E-state index contributed by atoms with van der Waals surface area (Å²) in [5, 5.41) is 17.7. The van der Waals surface area contributed by atoms with E-state index in [1.807, 2.05) is 22.5 Å². The zero-order chi connectivity index (χ0) is 12.4. The lowest BCUT2D eigenvalue weighted by atomic mass is 10.1. The van der Waals surface area contributed by atoms with Crippen molar-refractivity contribution in [2.45, 2.75) is 32.1 Å². The smallest absolute Gasteiger partial charge is 0.150 e. The van der Waals surface area contributed by atoms with Gasteiger partial charge < -0.3 is 9.84 Å². The number of ether oxygens (including phenoxy) is 1. The molecule has 2 aromatic rings. The topological polar surface area (TPSA) is 47.3 Å². The molecule has 1 N–H and O–H groups in total. The van der Waals surface area contributed by atoms with E-state index in [1.165, 1.54) is 6.42 Å². The molecule has 3 heterocycles. The highest BCUT2D eigenvalue weighted by atomic mass is 32.1.